The lowest BCUT2D eigenvalue weighted by Gasteiger charge is -2.14. The first-order valence-corrected chi connectivity index (χ1v) is 10.7. The second-order valence-electron chi connectivity index (χ2n) is 8.19. The Morgan fingerprint density at radius 3 is 2.66 bits per heavy atom. The second kappa shape index (κ2) is 8.18. The maximum Gasteiger partial charge on any atom is 0.231 e. The molecule has 5 rings (SSSR count). The van der Waals surface area contributed by atoms with Crippen LogP contribution in [0.5, 0.6) is 28.9 Å². The van der Waals surface area contributed by atoms with Crippen molar-refractivity contribution in [2.75, 3.05) is 20.8 Å². The van der Waals surface area contributed by atoms with Gasteiger partial charge in [-0.15, -0.1) is 0 Å². The van der Waals surface area contributed by atoms with Crippen LogP contribution in [0.25, 0.3) is 10.9 Å². The van der Waals surface area contributed by atoms with Crippen molar-refractivity contribution < 1.29 is 23.7 Å². The van der Waals surface area contributed by atoms with Crippen molar-refractivity contribution in [3.63, 3.8) is 0 Å². The molecule has 2 aliphatic rings. The molecule has 1 fully saturated rings. The van der Waals surface area contributed by atoms with E-state index in [0.717, 1.165) is 12.1 Å². The summed E-state index contributed by atoms with van der Waals surface area (Å²) in [4.78, 5) is 21.3. The zero-order valence-corrected chi connectivity index (χ0v) is 18.3. The van der Waals surface area contributed by atoms with E-state index < -0.39 is 0 Å². The van der Waals surface area contributed by atoms with Crippen molar-refractivity contribution in [3.05, 3.63) is 42.2 Å². The van der Waals surface area contributed by atoms with Crippen molar-refractivity contribution in [2.45, 2.75) is 31.8 Å². The molecule has 1 aliphatic heterocycles. The van der Waals surface area contributed by atoms with Gasteiger partial charge in [0, 0.05) is 24.2 Å². The predicted octanol–water partition coefficient (Wildman–Crippen LogP) is 3.83. The molecule has 2 heterocycles. The summed E-state index contributed by atoms with van der Waals surface area (Å²) in [5.41, 5.74) is 1.54. The molecule has 8 heteroatoms. The molecule has 0 spiro atoms. The van der Waals surface area contributed by atoms with Gasteiger partial charge in [-0.25, -0.2) is 9.97 Å². The highest BCUT2D eigenvalue weighted by Gasteiger charge is 2.37. The van der Waals surface area contributed by atoms with Gasteiger partial charge in [-0.05, 0) is 37.8 Å². The summed E-state index contributed by atoms with van der Waals surface area (Å²) in [5.74, 6) is 3.06. The quantitative estimate of drug-likeness (QED) is 0.603. The monoisotopic (exact) mass is 435 g/mol. The first-order chi connectivity index (χ1) is 15.6. The number of aromatic nitrogens is 2. The molecule has 32 heavy (non-hydrogen) atoms. The van der Waals surface area contributed by atoms with Crippen molar-refractivity contribution in [1.29, 1.82) is 0 Å². The molecule has 1 aliphatic carbocycles. The lowest BCUT2D eigenvalue weighted by atomic mass is 9.95. The first-order valence-electron chi connectivity index (χ1n) is 10.7. The fraction of sp³-hybridized carbons (Fsp3) is 0.375. The van der Waals surface area contributed by atoms with Gasteiger partial charge >= 0.3 is 0 Å². The summed E-state index contributed by atoms with van der Waals surface area (Å²) < 4.78 is 22.8. The Morgan fingerprint density at radius 2 is 1.91 bits per heavy atom. The Labute approximate surface area is 185 Å². The lowest BCUT2D eigenvalue weighted by Crippen LogP contribution is -2.35. The van der Waals surface area contributed by atoms with Crippen LogP contribution in [0, 0.1) is 5.92 Å². The molecule has 1 saturated carbocycles. The van der Waals surface area contributed by atoms with Crippen LogP contribution in [0.1, 0.15) is 31.2 Å². The number of carbonyl (C=O) groups excluding carboxylic acids is 1. The SMILES string of the molecule is COc1cc2ncnc(Oc3ccc4c(c3)OC(C)C4C(=O)NCC3CC3)c2cc1OC. The zero-order chi connectivity index (χ0) is 22.2. The van der Waals surface area contributed by atoms with Crippen LogP contribution in [0.3, 0.4) is 0 Å². The minimum Gasteiger partial charge on any atom is -0.493 e. The molecule has 1 amide bonds. The number of fused-ring (bicyclic) bond motifs is 2. The number of nitrogens with zero attached hydrogens (tertiary/aromatic N) is 2. The number of rotatable bonds is 7. The van der Waals surface area contributed by atoms with Gasteiger partial charge in [0.1, 0.15) is 29.8 Å². The Morgan fingerprint density at radius 1 is 1.12 bits per heavy atom. The molecule has 2 unspecified atom stereocenters. The number of ether oxygens (including phenoxy) is 4. The third-order valence-corrected chi connectivity index (χ3v) is 5.97. The number of carbonyl (C=O) groups is 1. The second-order valence-corrected chi connectivity index (χ2v) is 8.19. The predicted molar refractivity (Wildman–Crippen MR) is 118 cm³/mol. The van der Waals surface area contributed by atoms with Gasteiger partial charge in [0.15, 0.2) is 11.5 Å². The third-order valence-electron chi connectivity index (χ3n) is 5.97. The molecular formula is C24H25N3O5. The molecular weight excluding hydrogens is 410 g/mol. The number of hydrogen-bond acceptors (Lipinski definition) is 7. The van der Waals surface area contributed by atoms with E-state index in [0.29, 0.717) is 45.7 Å². The van der Waals surface area contributed by atoms with E-state index in [1.165, 1.54) is 19.2 Å². The lowest BCUT2D eigenvalue weighted by molar-refractivity contribution is -0.123. The third kappa shape index (κ3) is 3.77. The van der Waals surface area contributed by atoms with E-state index in [-0.39, 0.29) is 17.9 Å². The maximum absolute atomic E-state index is 12.7. The van der Waals surface area contributed by atoms with Crippen LogP contribution in [0.2, 0.25) is 0 Å². The normalized spacial score (nSPS) is 19.2. The average Bonchev–Trinajstić information content (AvgIpc) is 3.57. The van der Waals surface area contributed by atoms with Gasteiger partial charge in [-0.1, -0.05) is 6.07 Å². The highest BCUT2D eigenvalue weighted by atomic mass is 16.5. The minimum absolute atomic E-state index is 0.0136. The zero-order valence-electron chi connectivity index (χ0n) is 18.3. The summed E-state index contributed by atoms with van der Waals surface area (Å²) in [5, 5.41) is 3.76. The topological polar surface area (TPSA) is 91.8 Å². The molecule has 1 aromatic heterocycles. The highest BCUT2D eigenvalue weighted by Crippen LogP contribution is 2.42. The number of benzene rings is 2. The average molecular weight is 435 g/mol. The fourth-order valence-electron chi connectivity index (χ4n) is 4.04. The molecule has 166 valence electrons. The van der Waals surface area contributed by atoms with Crippen molar-refractivity contribution in [2.24, 2.45) is 5.92 Å². The van der Waals surface area contributed by atoms with E-state index in [1.54, 1.807) is 32.4 Å². The molecule has 0 radical (unpaired) electrons. The van der Waals surface area contributed by atoms with Crippen LogP contribution in [0.4, 0.5) is 0 Å². The summed E-state index contributed by atoms with van der Waals surface area (Å²) in [6.07, 6.45) is 3.60. The molecule has 3 aromatic rings. The maximum atomic E-state index is 12.7. The van der Waals surface area contributed by atoms with Crippen LogP contribution in [0.15, 0.2) is 36.7 Å². The molecule has 1 N–H and O–H groups in total. The molecule has 2 atom stereocenters. The van der Waals surface area contributed by atoms with Crippen LogP contribution >= 0.6 is 0 Å². The van der Waals surface area contributed by atoms with Gasteiger partial charge < -0.3 is 24.3 Å². The number of amides is 1. The number of methoxy groups -OCH3 is 2. The Kier molecular flexibility index (Phi) is 5.20. The Hall–Kier alpha value is -3.55. The summed E-state index contributed by atoms with van der Waals surface area (Å²) in [6.45, 7) is 2.66. The summed E-state index contributed by atoms with van der Waals surface area (Å²) >= 11 is 0. The van der Waals surface area contributed by atoms with Gasteiger partial charge in [0.05, 0.1) is 25.1 Å². The first kappa shape index (κ1) is 20.4. The van der Waals surface area contributed by atoms with Crippen LogP contribution in [-0.4, -0.2) is 42.7 Å². The minimum atomic E-state index is -0.325. The standard InChI is InChI=1S/C24H25N3O5/c1-13-22(23(28)25-11-14-4-5-14)16-7-6-15(8-19(16)31-13)32-24-17-9-20(29-2)21(30-3)10-18(17)26-12-27-24/h6-10,12-14,22H,4-5,11H2,1-3H3,(H,25,28). The summed E-state index contributed by atoms with van der Waals surface area (Å²) in [7, 11) is 3.15. The molecule has 8 nitrogen and oxygen atoms in total. The van der Waals surface area contributed by atoms with Crippen LogP contribution in [-0.2, 0) is 4.79 Å². The molecule has 0 saturated heterocycles. The number of hydrogen-bond donors (Lipinski definition) is 1. The van der Waals surface area contributed by atoms with E-state index >= 15 is 0 Å². The van der Waals surface area contributed by atoms with Crippen LogP contribution < -0.4 is 24.3 Å². The Balaban J connectivity index is 1.41. The molecule has 2 aromatic carbocycles. The van der Waals surface area contributed by atoms with Crippen molar-refractivity contribution in [1.82, 2.24) is 15.3 Å². The van der Waals surface area contributed by atoms with E-state index in [2.05, 4.69) is 15.3 Å². The van der Waals surface area contributed by atoms with Gasteiger partial charge in [-0.3, -0.25) is 4.79 Å². The van der Waals surface area contributed by atoms with Gasteiger partial charge in [-0.2, -0.15) is 0 Å². The van der Waals surface area contributed by atoms with Gasteiger partial charge in [0.2, 0.25) is 11.8 Å². The van der Waals surface area contributed by atoms with E-state index in [1.807, 2.05) is 19.1 Å². The Bertz CT molecular complexity index is 1180. The smallest absolute Gasteiger partial charge is 0.231 e. The van der Waals surface area contributed by atoms with Crippen molar-refractivity contribution in [3.8, 4) is 28.9 Å². The van der Waals surface area contributed by atoms with Crippen molar-refractivity contribution >= 4 is 16.8 Å². The number of nitrogens with one attached hydrogen (secondary N) is 1. The molecule has 0 bridgehead atoms. The largest absolute Gasteiger partial charge is 0.493 e. The fourth-order valence-corrected chi connectivity index (χ4v) is 4.04. The summed E-state index contributed by atoms with van der Waals surface area (Å²) in [6, 6.07) is 9.09. The van der Waals surface area contributed by atoms with Gasteiger partial charge in [0.25, 0.3) is 0 Å². The van der Waals surface area contributed by atoms with E-state index in [9.17, 15) is 4.79 Å². The highest BCUT2D eigenvalue weighted by molar-refractivity contribution is 5.87. The van der Waals surface area contributed by atoms with E-state index in [4.69, 9.17) is 18.9 Å².